The van der Waals surface area contributed by atoms with E-state index in [0.29, 0.717) is 17.4 Å². The van der Waals surface area contributed by atoms with E-state index in [1.54, 1.807) is 0 Å². The molecule has 9 nitrogen and oxygen atoms in total. The smallest absolute Gasteiger partial charge is 0.306 e. The van der Waals surface area contributed by atoms with Crippen LogP contribution < -0.4 is 10.2 Å². The highest BCUT2D eigenvalue weighted by atomic mass is 31.2. The number of unbranched alkanes of at least 4 members (excludes halogenated alkanes) is 29. The van der Waals surface area contributed by atoms with Crippen LogP contribution in [0.3, 0.4) is 0 Å². The first-order valence-electron chi connectivity index (χ1n) is 34.2. The highest BCUT2D eigenvalue weighted by Crippen LogP contribution is 2.38. The first-order valence-corrected chi connectivity index (χ1v) is 35.7. The van der Waals surface area contributed by atoms with E-state index in [-0.39, 0.29) is 31.3 Å². The molecule has 0 saturated carbocycles. The monoisotopic (exact) mass is 1180 g/mol. The molecule has 0 aliphatic rings. The molecule has 0 fully saturated rings. The highest BCUT2D eigenvalue weighted by molar-refractivity contribution is 7.45. The molecule has 3 unspecified atom stereocenters. The quantitative estimate of drug-likeness (QED) is 0.0212. The number of phosphoric acid groups is 1. The Morgan fingerprint density at radius 2 is 0.771 bits per heavy atom. The molecule has 0 aliphatic carbocycles. The minimum atomic E-state index is -4.72. The minimum absolute atomic E-state index is 0.0325. The van der Waals surface area contributed by atoms with Gasteiger partial charge in [0, 0.05) is 12.8 Å². The average molecular weight is 1180 g/mol. The van der Waals surface area contributed by atoms with Gasteiger partial charge in [-0.3, -0.25) is 14.2 Å². The van der Waals surface area contributed by atoms with Crippen LogP contribution in [-0.2, 0) is 27.9 Å². The van der Waals surface area contributed by atoms with Crippen LogP contribution >= 0.6 is 7.82 Å². The molecule has 0 radical (unpaired) electrons. The maximum Gasteiger partial charge on any atom is 0.306 e. The lowest BCUT2D eigenvalue weighted by Gasteiger charge is -2.30. The van der Waals surface area contributed by atoms with Crippen molar-refractivity contribution in [2.75, 3.05) is 40.9 Å². The Labute approximate surface area is 512 Å². The molecule has 0 aromatic carbocycles. The first kappa shape index (κ1) is 79.7. The van der Waals surface area contributed by atoms with Crippen LogP contribution in [-0.4, -0.2) is 69.4 Å². The molecule has 0 saturated heterocycles. The zero-order chi connectivity index (χ0) is 60.7. The normalized spacial score (nSPS) is 14.3. The van der Waals surface area contributed by atoms with Crippen LogP contribution in [0.2, 0.25) is 0 Å². The molecule has 1 N–H and O–H groups in total. The van der Waals surface area contributed by atoms with Gasteiger partial charge in [-0.25, -0.2) is 0 Å². The van der Waals surface area contributed by atoms with Gasteiger partial charge < -0.3 is 28.5 Å². The number of nitrogens with zero attached hydrogens (tertiary/aromatic N) is 1. The fourth-order valence-corrected chi connectivity index (χ4v) is 10.2. The van der Waals surface area contributed by atoms with Crippen molar-refractivity contribution in [3.05, 3.63) is 109 Å². The predicted molar refractivity (Wildman–Crippen MR) is 357 cm³/mol. The van der Waals surface area contributed by atoms with E-state index in [1.807, 2.05) is 33.3 Å². The van der Waals surface area contributed by atoms with Gasteiger partial charge in [0.25, 0.3) is 7.82 Å². The van der Waals surface area contributed by atoms with Crippen LogP contribution in [0.5, 0.6) is 0 Å². The summed E-state index contributed by atoms with van der Waals surface area (Å²) in [6.45, 7) is 6.69. The molecular formula is C73H129N2O7P. The van der Waals surface area contributed by atoms with Crippen molar-refractivity contribution in [3.63, 3.8) is 0 Å². The van der Waals surface area contributed by atoms with Crippen molar-refractivity contribution in [1.82, 2.24) is 5.32 Å². The Bertz CT molecular complexity index is 1790. The topological polar surface area (TPSA) is 114 Å². The van der Waals surface area contributed by atoms with Crippen LogP contribution in [0.15, 0.2) is 109 Å². The Morgan fingerprint density at radius 3 is 1.18 bits per heavy atom. The van der Waals surface area contributed by atoms with Crippen molar-refractivity contribution >= 4 is 19.7 Å². The molecule has 0 spiro atoms. The molecule has 0 aliphatic heterocycles. The fourth-order valence-electron chi connectivity index (χ4n) is 9.44. The number of amides is 1. The van der Waals surface area contributed by atoms with Crippen molar-refractivity contribution in [1.29, 1.82) is 0 Å². The summed E-state index contributed by atoms with van der Waals surface area (Å²) in [5.74, 6) is -0.572. The molecule has 1 amide bonds. The van der Waals surface area contributed by atoms with E-state index in [2.05, 4.69) is 123 Å². The van der Waals surface area contributed by atoms with E-state index >= 15 is 0 Å². The standard InChI is InChI=1S/C73H129N2O7P/c1-7-10-13-16-19-22-25-27-29-31-33-35-37-39-41-43-45-47-50-53-56-59-62-65-72(76)74-70(69-81-83(78,79)80-68-67-75(4,5)6)71(64-61-58-55-52-49-24-21-18-15-12-9-3)82-73(77)66-63-60-57-54-51-48-46-44-42-40-38-36-34-32-30-28-26-23-20-17-14-11-8-2/h10,13,19-20,22-23,27-30,33,35,39,41,45,47,61,64,70-71H,7-9,11-12,14-18,21,24-26,31-32,34,36-38,40,42-44,46,48-60,62-63,65-69H2,1-6H3,(H-,74,76,78,79)/b13-10-,22-19-,23-20-,29-27-,30-28-,35-33-,41-39-,47-45-,64-61+. The summed E-state index contributed by atoms with van der Waals surface area (Å²) >= 11 is 0. The minimum Gasteiger partial charge on any atom is -0.756 e. The Morgan fingerprint density at radius 1 is 0.434 bits per heavy atom. The number of carbonyl (C=O) groups is 2. The number of allylic oxidation sites excluding steroid dienone is 17. The molecule has 0 aromatic heterocycles. The van der Waals surface area contributed by atoms with Gasteiger partial charge in [-0.2, -0.15) is 0 Å². The van der Waals surface area contributed by atoms with Crippen molar-refractivity contribution in [2.45, 2.75) is 303 Å². The first-order chi connectivity index (χ1) is 40.4. The SMILES string of the molecule is CC/C=C\C/C=C\C/C=C\C/C=C\C/C=C\C/C=C\CCCCCCC(=O)NC(COP(=O)([O-])OCC[N+](C)(C)C)C(/C=C/CCCCCCCCCCC)OC(=O)CCCCCCCCCCCCCCC/C=C\C/C=C\CCCCC. The van der Waals surface area contributed by atoms with Crippen molar-refractivity contribution in [3.8, 4) is 0 Å². The van der Waals surface area contributed by atoms with Gasteiger partial charge in [0.15, 0.2) is 0 Å². The molecular weight excluding hydrogens is 1050 g/mol. The second-order valence-corrected chi connectivity index (χ2v) is 25.4. The number of likely N-dealkylation sites (N-methyl/N-ethyl adjacent to an activating group) is 1. The van der Waals surface area contributed by atoms with E-state index in [1.165, 1.54) is 141 Å². The van der Waals surface area contributed by atoms with Gasteiger partial charge in [0.1, 0.15) is 19.3 Å². The molecule has 3 atom stereocenters. The largest absolute Gasteiger partial charge is 0.756 e. The van der Waals surface area contributed by atoms with Crippen LogP contribution in [0.1, 0.15) is 290 Å². The molecule has 0 aromatic rings. The van der Waals surface area contributed by atoms with Gasteiger partial charge in [0.05, 0.1) is 33.8 Å². The number of phosphoric ester groups is 1. The highest BCUT2D eigenvalue weighted by Gasteiger charge is 2.27. The van der Waals surface area contributed by atoms with E-state index in [9.17, 15) is 19.0 Å². The van der Waals surface area contributed by atoms with E-state index in [0.717, 1.165) is 109 Å². The maximum absolute atomic E-state index is 13.6. The number of rotatable bonds is 61. The lowest BCUT2D eigenvalue weighted by molar-refractivity contribution is -0.870. The Hall–Kier alpha value is -3.33. The number of hydrogen-bond acceptors (Lipinski definition) is 7. The molecule has 83 heavy (non-hydrogen) atoms. The summed E-state index contributed by atoms with van der Waals surface area (Å²) in [4.78, 5) is 40.1. The van der Waals surface area contributed by atoms with Gasteiger partial charge in [-0.1, -0.05) is 272 Å². The second-order valence-electron chi connectivity index (χ2n) is 23.9. The zero-order valence-electron chi connectivity index (χ0n) is 54.6. The number of carbonyl (C=O) groups excluding carboxylic acids is 2. The zero-order valence-corrected chi connectivity index (χ0v) is 55.5. The number of quaternary nitrogens is 1. The summed E-state index contributed by atoms with van der Waals surface area (Å²) in [5.41, 5.74) is 0. The number of esters is 1. The van der Waals surface area contributed by atoms with Gasteiger partial charge in [0.2, 0.25) is 5.91 Å². The second kappa shape index (κ2) is 61.7. The number of hydrogen-bond donors (Lipinski definition) is 1. The van der Waals surface area contributed by atoms with Gasteiger partial charge >= 0.3 is 5.97 Å². The third-order valence-electron chi connectivity index (χ3n) is 14.7. The molecule has 0 heterocycles. The summed E-state index contributed by atoms with van der Waals surface area (Å²) < 4.78 is 30.4. The van der Waals surface area contributed by atoms with Crippen LogP contribution in [0, 0.1) is 0 Å². The van der Waals surface area contributed by atoms with E-state index < -0.39 is 26.6 Å². The average Bonchev–Trinajstić information content (AvgIpc) is 3.51. The van der Waals surface area contributed by atoms with Crippen LogP contribution in [0.4, 0.5) is 0 Å². The third-order valence-corrected chi connectivity index (χ3v) is 15.7. The van der Waals surface area contributed by atoms with Gasteiger partial charge in [-0.15, -0.1) is 0 Å². The third kappa shape index (κ3) is 63.0. The van der Waals surface area contributed by atoms with Crippen molar-refractivity contribution < 1.29 is 37.3 Å². The molecule has 0 bridgehead atoms. The maximum atomic E-state index is 13.6. The molecule has 0 rings (SSSR count). The Kier molecular flexibility index (Phi) is 59.3. The molecule has 10 heteroatoms. The lowest BCUT2D eigenvalue weighted by Crippen LogP contribution is -2.47. The van der Waals surface area contributed by atoms with Gasteiger partial charge in [-0.05, 0) is 115 Å². The predicted octanol–water partition coefficient (Wildman–Crippen LogP) is 21.0. The fraction of sp³-hybridized carbons (Fsp3) is 0.726. The summed E-state index contributed by atoms with van der Waals surface area (Å²) in [5, 5.41) is 3.02. The molecule has 478 valence electrons. The van der Waals surface area contributed by atoms with E-state index in [4.69, 9.17) is 13.8 Å². The number of nitrogens with one attached hydrogen (secondary N) is 1. The summed E-state index contributed by atoms with van der Waals surface area (Å²) in [6.07, 6.45) is 84.9. The van der Waals surface area contributed by atoms with Crippen molar-refractivity contribution in [2.24, 2.45) is 0 Å². The summed E-state index contributed by atoms with van der Waals surface area (Å²) in [6, 6.07) is -0.909. The lowest BCUT2D eigenvalue weighted by atomic mass is 10.0. The Balaban J connectivity index is 5.14. The number of ether oxygens (including phenoxy) is 1. The summed E-state index contributed by atoms with van der Waals surface area (Å²) in [7, 11) is 1.16. The van der Waals surface area contributed by atoms with Crippen LogP contribution in [0.25, 0.3) is 0 Å².